The predicted molar refractivity (Wildman–Crippen MR) is 62.3 cm³/mol. The molecule has 0 bridgehead atoms. The van der Waals surface area contributed by atoms with Crippen LogP contribution in [0, 0.1) is 11.3 Å². The molecule has 0 unspecified atom stereocenters. The summed E-state index contributed by atoms with van der Waals surface area (Å²) in [6.07, 6.45) is 4.77. The Morgan fingerprint density at radius 3 is 3.00 bits per heavy atom. The maximum Gasteiger partial charge on any atom is 0.127 e. The quantitative estimate of drug-likeness (QED) is 0.810. The van der Waals surface area contributed by atoms with Crippen molar-refractivity contribution < 1.29 is 0 Å². The van der Waals surface area contributed by atoms with E-state index in [-0.39, 0.29) is 0 Å². The molecule has 1 heterocycles. The summed E-state index contributed by atoms with van der Waals surface area (Å²) in [7, 11) is 0. The minimum Gasteiger partial charge on any atom is -0.383 e. The zero-order valence-corrected chi connectivity index (χ0v) is 9.26. The molecule has 1 aromatic rings. The van der Waals surface area contributed by atoms with Gasteiger partial charge in [-0.05, 0) is 18.9 Å². The van der Waals surface area contributed by atoms with Gasteiger partial charge in [0.15, 0.2) is 0 Å². The Morgan fingerprint density at radius 1 is 1.56 bits per heavy atom. The second-order valence-corrected chi connectivity index (χ2v) is 4.16. The van der Waals surface area contributed by atoms with E-state index < -0.39 is 0 Å². The zero-order valence-electron chi connectivity index (χ0n) is 9.26. The predicted octanol–water partition coefficient (Wildman–Crippen LogP) is 1.54. The highest BCUT2D eigenvalue weighted by Gasteiger charge is 2.28. The summed E-state index contributed by atoms with van der Waals surface area (Å²) in [5.74, 6) is 0.602. The van der Waals surface area contributed by atoms with Gasteiger partial charge in [0, 0.05) is 37.3 Å². The zero-order chi connectivity index (χ0) is 11.4. The average molecular weight is 216 g/mol. The fraction of sp³-hybridized carbons (Fsp3) is 0.500. The minimum absolute atomic E-state index is 0.580. The molecule has 0 radical (unpaired) electrons. The molecular formula is C12H16N4. The Balaban J connectivity index is 2.00. The van der Waals surface area contributed by atoms with Gasteiger partial charge in [-0.1, -0.05) is 6.07 Å². The summed E-state index contributed by atoms with van der Waals surface area (Å²) in [6.45, 7) is 1.64. The van der Waals surface area contributed by atoms with Crippen LogP contribution < -0.4 is 5.73 Å². The first-order chi connectivity index (χ1) is 7.81. The van der Waals surface area contributed by atoms with Crippen molar-refractivity contribution in [3.05, 3.63) is 23.9 Å². The fourth-order valence-corrected chi connectivity index (χ4v) is 1.83. The summed E-state index contributed by atoms with van der Waals surface area (Å²) in [6, 6.07) is 6.75. The van der Waals surface area contributed by atoms with Crippen LogP contribution in [0.4, 0.5) is 5.82 Å². The molecule has 4 nitrogen and oxygen atoms in total. The largest absolute Gasteiger partial charge is 0.383 e. The first kappa shape index (κ1) is 10.9. The SMILES string of the molecule is N#CCCN(Cc1cccnc1N)C1CC1. The van der Waals surface area contributed by atoms with Crippen molar-refractivity contribution in [2.45, 2.75) is 31.8 Å². The number of pyridine rings is 1. The third kappa shape index (κ3) is 2.71. The lowest BCUT2D eigenvalue weighted by atomic mass is 10.2. The molecule has 0 aromatic carbocycles. The molecule has 0 aliphatic heterocycles. The van der Waals surface area contributed by atoms with E-state index in [1.807, 2.05) is 12.1 Å². The normalized spacial score (nSPS) is 15.0. The van der Waals surface area contributed by atoms with Crippen LogP contribution in [0.15, 0.2) is 18.3 Å². The summed E-state index contributed by atoms with van der Waals surface area (Å²) < 4.78 is 0. The van der Waals surface area contributed by atoms with Crippen molar-refractivity contribution in [3.8, 4) is 6.07 Å². The number of nitriles is 1. The van der Waals surface area contributed by atoms with Crippen LogP contribution >= 0.6 is 0 Å². The van der Waals surface area contributed by atoms with Crippen molar-refractivity contribution in [1.82, 2.24) is 9.88 Å². The number of anilines is 1. The van der Waals surface area contributed by atoms with Crippen LogP contribution in [-0.2, 0) is 6.54 Å². The second-order valence-electron chi connectivity index (χ2n) is 4.16. The summed E-state index contributed by atoms with van der Waals surface area (Å²) >= 11 is 0. The Labute approximate surface area is 95.7 Å². The molecule has 0 atom stereocenters. The van der Waals surface area contributed by atoms with E-state index in [0.717, 1.165) is 18.7 Å². The van der Waals surface area contributed by atoms with Crippen LogP contribution in [-0.4, -0.2) is 22.5 Å². The Kier molecular flexibility index (Phi) is 3.37. The van der Waals surface area contributed by atoms with Crippen LogP contribution in [0.2, 0.25) is 0 Å². The lowest BCUT2D eigenvalue weighted by Gasteiger charge is -2.21. The van der Waals surface area contributed by atoms with Gasteiger partial charge in [-0.2, -0.15) is 5.26 Å². The Bertz CT molecular complexity index is 392. The van der Waals surface area contributed by atoms with Gasteiger partial charge in [-0.25, -0.2) is 4.98 Å². The van der Waals surface area contributed by atoms with Gasteiger partial charge in [-0.3, -0.25) is 4.90 Å². The maximum absolute atomic E-state index is 8.62. The van der Waals surface area contributed by atoms with Crippen molar-refractivity contribution in [1.29, 1.82) is 5.26 Å². The number of hydrogen-bond donors (Lipinski definition) is 1. The van der Waals surface area contributed by atoms with Crippen molar-refractivity contribution in [2.75, 3.05) is 12.3 Å². The first-order valence-corrected chi connectivity index (χ1v) is 5.61. The lowest BCUT2D eigenvalue weighted by molar-refractivity contribution is 0.261. The molecule has 1 aliphatic carbocycles. The third-order valence-corrected chi connectivity index (χ3v) is 2.87. The molecule has 4 heteroatoms. The molecule has 16 heavy (non-hydrogen) atoms. The summed E-state index contributed by atoms with van der Waals surface area (Å²) in [5, 5.41) is 8.62. The number of rotatable bonds is 5. The molecule has 84 valence electrons. The van der Waals surface area contributed by atoms with Gasteiger partial charge in [0.25, 0.3) is 0 Å². The smallest absolute Gasteiger partial charge is 0.127 e. The van der Waals surface area contributed by atoms with Crippen LogP contribution in [0.1, 0.15) is 24.8 Å². The molecule has 1 aliphatic rings. The highest BCUT2D eigenvalue weighted by molar-refractivity contribution is 5.38. The molecule has 1 fully saturated rings. The van der Waals surface area contributed by atoms with E-state index >= 15 is 0 Å². The van der Waals surface area contributed by atoms with Gasteiger partial charge in [0.2, 0.25) is 0 Å². The van der Waals surface area contributed by atoms with Crippen LogP contribution in [0.3, 0.4) is 0 Å². The van der Waals surface area contributed by atoms with E-state index in [4.69, 9.17) is 11.0 Å². The standard InChI is InChI=1S/C12H16N4/c13-6-2-8-16(11-4-5-11)9-10-3-1-7-15-12(10)14/h1,3,7,11H,2,4-5,8-9H2,(H2,14,15). The topological polar surface area (TPSA) is 65.9 Å². The number of nitrogens with zero attached hydrogens (tertiary/aromatic N) is 3. The molecule has 1 saturated carbocycles. The van der Waals surface area contributed by atoms with Crippen LogP contribution in [0.5, 0.6) is 0 Å². The van der Waals surface area contributed by atoms with Gasteiger partial charge in [0.1, 0.15) is 5.82 Å². The molecule has 2 N–H and O–H groups in total. The Hall–Kier alpha value is -1.60. The van der Waals surface area contributed by atoms with E-state index in [0.29, 0.717) is 18.3 Å². The fourth-order valence-electron chi connectivity index (χ4n) is 1.83. The second kappa shape index (κ2) is 4.95. The van der Waals surface area contributed by atoms with E-state index in [2.05, 4.69) is 16.0 Å². The summed E-state index contributed by atoms with van der Waals surface area (Å²) in [4.78, 5) is 6.41. The van der Waals surface area contributed by atoms with Gasteiger partial charge >= 0.3 is 0 Å². The van der Waals surface area contributed by atoms with E-state index in [1.165, 1.54) is 12.8 Å². The third-order valence-electron chi connectivity index (χ3n) is 2.87. The highest BCUT2D eigenvalue weighted by atomic mass is 15.2. The average Bonchev–Trinajstić information content (AvgIpc) is 3.10. The summed E-state index contributed by atoms with van der Waals surface area (Å²) in [5.41, 5.74) is 6.88. The van der Waals surface area contributed by atoms with Crippen molar-refractivity contribution >= 4 is 5.82 Å². The molecule has 2 rings (SSSR count). The highest BCUT2D eigenvalue weighted by Crippen LogP contribution is 2.28. The molecule has 0 spiro atoms. The molecular weight excluding hydrogens is 200 g/mol. The van der Waals surface area contributed by atoms with E-state index in [1.54, 1.807) is 6.20 Å². The monoisotopic (exact) mass is 216 g/mol. The van der Waals surface area contributed by atoms with Crippen LogP contribution in [0.25, 0.3) is 0 Å². The lowest BCUT2D eigenvalue weighted by Crippen LogP contribution is -2.27. The van der Waals surface area contributed by atoms with Crippen molar-refractivity contribution in [3.63, 3.8) is 0 Å². The molecule has 0 amide bonds. The van der Waals surface area contributed by atoms with E-state index in [9.17, 15) is 0 Å². The van der Waals surface area contributed by atoms with Crippen molar-refractivity contribution in [2.24, 2.45) is 0 Å². The number of nitrogens with two attached hydrogens (primary N) is 1. The van der Waals surface area contributed by atoms with Gasteiger partial charge in [0.05, 0.1) is 6.07 Å². The molecule has 1 aromatic heterocycles. The minimum atomic E-state index is 0.580. The number of aromatic nitrogens is 1. The first-order valence-electron chi connectivity index (χ1n) is 5.61. The number of nitrogen functional groups attached to an aromatic ring is 1. The Morgan fingerprint density at radius 2 is 2.38 bits per heavy atom. The maximum atomic E-state index is 8.62. The molecule has 0 saturated heterocycles. The van der Waals surface area contributed by atoms with Gasteiger partial charge in [-0.15, -0.1) is 0 Å². The number of hydrogen-bond acceptors (Lipinski definition) is 4. The van der Waals surface area contributed by atoms with Gasteiger partial charge < -0.3 is 5.73 Å².